The number of hydrogen-bond donors (Lipinski definition) is 1. The van der Waals surface area contributed by atoms with E-state index in [0.29, 0.717) is 92.4 Å². The highest BCUT2D eigenvalue weighted by Crippen LogP contribution is 2.43. The van der Waals surface area contributed by atoms with Gasteiger partial charge in [0.15, 0.2) is 17.3 Å². The monoisotopic (exact) mass is 1190 g/mol. The molecular formula is C64H82N4O12S3. The Morgan fingerprint density at radius 1 is 0.771 bits per heavy atom. The zero-order chi connectivity index (χ0) is 59.8. The van der Waals surface area contributed by atoms with E-state index >= 15 is 0 Å². The summed E-state index contributed by atoms with van der Waals surface area (Å²) in [6, 6.07) is 29.6. The van der Waals surface area contributed by atoms with E-state index in [1.807, 2.05) is 106 Å². The van der Waals surface area contributed by atoms with Gasteiger partial charge in [0.1, 0.15) is 24.2 Å². The molecule has 4 aliphatic rings. The van der Waals surface area contributed by atoms with Gasteiger partial charge in [0.05, 0.1) is 57.4 Å². The van der Waals surface area contributed by atoms with Gasteiger partial charge in [-0.1, -0.05) is 92.6 Å². The van der Waals surface area contributed by atoms with Gasteiger partial charge in [-0.05, 0) is 128 Å². The summed E-state index contributed by atoms with van der Waals surface area (Å²) in [6.45, 7) is 19.2. The SMILES string of the molecule is CC.CC.CCC(=O)C(CCSSC(C)(C)CN(CCOCCOCCOC)c1cc(COc2cc3c(cc2C)C(=O)N2c4ccccc4C[C@H]2CC3)cc(COc2cc3c(cc2OC)C(=O)N2c4ccccc4C[C@H]2C=N3)c1)S(=O)(=O)O. The van der Waals surface area contributed by atoms with E-state index in [1.165, 1.54) is 16.4 Å². The van der Waals surface area contributed by atoms with Crippen LogP contribution in [0.5, 0.6) is 17.2 Å². The number of fused-ring (bicyclic) bond motifs is 8. The van der Waals surface area contributed by atoms with Crippen molar-refractivity contribution in [2.75, 3.05) is 80.8 Å². The molecule has 0 bridgehead atoms. The number of carbonyl (C=O) groups is 3. The Balaban J connectivity index is 0.00000242. The Hall–Kier alpha value is -5.93. The van der Waals surface area contributed by atoms with Crippen LogP contribution in [0.2, 0.25) is 0 Å². The molecule has 1 unspecified atom stereocenters. The fourth-order valence-corrected chi connectivity index (χ4v) is 14.5. The second-order valence-electron chi connectivity index (χ2n) is 20.9. The Morgan fingerprint density at radius 3 is 2.06 bits per heavy atom. The molecule has 5 aromatic carbocycles. The molecule has 0 spiro atoms. The first-order chi connectivity index (χ1) is 40.0. The van der Waals surface area contributed by atoms with Gasteiger partial charge in [-0.25, -0.2) is 0 Å². The second-order valence-corrected chi connectivity index (χ2v) is 25.6. The molecule has 83 heavy (non-hydrogen) atoms. The van der Waals surface area contributed by atoms with Gasteiger partial charge in [0.2, 0.25) is 0 Å². The van der Waals surface area contributed by atoms with Crippen molar-refractivity contribution in [3.05, 3.63) is 136 Å². The molecule has 0 aliphatic carbocycles. The molecule has 16 nitrogen and oxygen atoms in total. The Morgan fingerprint density at radius 2 is 1.40 bits per heavy atom. The van der Waals surface area contributed by atoms with E-state index in [2.05, 4.69) is 36.9 Å². The van der Waals surface area contributed by atoms with Crippen LogP contribution < -0.4 is 28.9 Å². The van der Waals surface area contributed by atoms with Gasteiger partial charge >= 0.3 is 0 Å². The number of carbonyl (C=O) groups excluding carboxylic acids is 3. The number of para-hydroxylation sites is 2. The van der Waals surface area contributed by atoms with Crippen molar-refractivity contribution in [2.24, 2.45) is 4.99 Å². The molecule has 2 amide bonds. The van der Waals surface area contributed by atoms with Gasteiger partial charge in [0.25, 0.3) is 21.9 Å². The number of ether oxygens (including phenoxy) is 6. The number of aliphatic imine (C=N–C) groups is 1. The maximum atomic E-state index is 14.3. The quantitative estimate of drug-likeness (QED) is 0.0297. The van der Waals surface area contributed by atoms with Crippen molar-refractivity contribution in [3.63, 3.8) is 0 Å². The van der Waals surface area contributed by atoms with E-state index in [4.69, 9.17) is 33.4 Å². The molecule has 4 aliphatic heterocycles. The summed E-state index contributed by atoms with van der Waals surface area (Å²) in [7, 11) is 1.66. The van der Waals surface area contributed by atoms with E-state index in [9.17, 15) is 27.4 Å². The Labute approximate surface area is 499 Å². The third-order valence-electron chi connectivity index (χ3n) is 14.7. The third kappa shape index (κ3) is 16.1. The van der Waals surface area contributed by atoms with Crippen molar-refractivity contribution >= 4 is 78.3 Å². The van der Waals surface area contributed by atoms with E-state index < -0.39 is 25.9 Å². The highest BCUT2D eigenvalue weighted by molar-refractivity contribution is 8.77. The number of anilines is 3. The predicted molar refractivity (Wildman–Crippen MR) is 335 cm³/mol. The normalized spacial score (nSPS) is 16.1. The lowest BCUT2D eigenvalue weighted by Gasteiger charge is -2.34. The van der Waals surface area contributed by atoms with Crippen LogP contribution in [-0.4, -0.2) is 125 Å². The molecule has 0 radical (unpaired) electrons. The average Bonchev–Trinajstić information content (AvgIpc) is 2.84. The number of Topliss-reactive ketones (excluding diaryl/α,β-unsaturated/α-hetero) is 1. The lowest BCUT2D eigenvalue weighted by Crippen LogP contribution is -2.38. The molecule has 3 atom stereocenters. The first kappa shape index (κ1) is 64.6. The first-order valence-corrected chi connectivity index (χ1v) is 32.7. The molecule has 9 rings (SSSR count). The van der Waals surface area contributed by atoms with Crippen molar-refractivity contribution in [3.8, 4) is 17.2 Å². The number of amides is 2. The zero-order valence-electron chi connectivity index (χ0n) is 49.7. The number of nitrogens with zero attached hydrogens (tertiary/aromatic N) is 4. The molecule has 0 aromatic heterocycles. The molecule has 448 valence electrons. The van der Waals surface area contributed by atoms with E-state index in [0.717, 1.165) is 64.1 Å². The number of ketones is 1. The fraction of sp³-hybridized carbons (Fsp3) is 0.469. The highest BCUT2D eigenvalue weighted by Gasteiger charge is 2.39. The van der Waals surface area contributed by atoms with Crippen LogP contribution in [0.15, 0.2) is 96.0 Å². The van der Waals surface area contributed by atoms with Crippen molar-refractivity contribution in [2.45, 2.75) is 129 Å². The molecule has 0 saturated carbocycles. The van der Waals surface area contributed by atoms with E-state index in [1.54, 1.807) is 49.0 Å². The molecule has 0 saturated heterocycles. The summed E-state index contributed by atoms with van der Waals surface area (Å²) >= 11 is 0. The second kappa shape index (κ2) is 30.2. The number of benzene rings is 5. The Bertz CT molecular complexity index is 3190. The number of hydrogen-bond acceptors (Lipinski definition) is 15. The summed E-state index contributed by atoms with van der Waals surface area (Å²) in [5.74, 6) is 1.16. The van der Waals surface area contributed by atoms with Crippen LogP contribution in [0.4, 0.5) is 22.7 Å². The number of rotatable bonds is 27. The van der Waals surface area contributed by atoms with Crippen molar-refractivity contribution in [1.29, 1.82) is 0 Å². The molecule has 4 heterocycles. The van der Waals surface area contributed by atoms with Crippen LogP contribution in [0.25, 0.3) is 0 Å². The maximum Gasteiger partial charge on any atom is 0.275 e. The van der Waals surface area contributed by atoms with Gasteiger partial charge < -0.3 is 38.2 Å². The van der Waals surface area contributed by atoms with Crippen LogP contribution in [-0.2, 0) is 61.6 Å². The zero-order valence-corrected chi connectivity index (χ0v) is 52.2. The smallest absolute Gasteiger partial charge is 0.275 e. The minimum Gasteiger partial charge on any atom is -0.493 e. The standard InChI is InChI=1S/C60H70N4O12S3.2C2H6/c1-7-53(65)57(79(68,69)70)18-25-77-78-60(3,4)38-62(19-20-73-23-24-74-22-21-71-5)46-28-40(36-75-54-32-42-16-17-45-30-43-12-8-10-14-51(43)63(45)58(66)48(42)26-39(54)2)27-41(29-46)37-76-56-34-50-49(33-55(56)72-6)59(67)64-47(35-61-50)31-44-13-9-11-15-52(44)64;2*1-2/h8-15,26-29,32-35,45,47,57H,7,16-25,30-31,36-38H2,1-6H3,(H,68,69,70);2*1-2H3/t45-,47+,57?;;/m1../s1. The average molecular weight is 1200 g/mol. The van der Waals surface area contributed by atoms with Crippen LogP contribution >= 0.6 is 21.6 Å². The van der Waals surface area contributed by atoms with Crippen LogP contribution in [0.3, 0.4) is 0 Å². The van der Waals surface area contributed by atoms with Crippen molar-refractivity contribution in [1.82, 2.24) is 0 Å². The van der Waals surface area contributed by atoms with Gasteiger partial charge in [0, 0.05) is 84.5 Å². The highest BCUT2D eigenvalue weighted by atomic mass is 33.1. The number of aryl methyl sites for hydroxylation is 2. The lowest BCUT2D eigenvalue weighted by molar-refractivity contribution is -0.118. The minimum atomic E-state index is -4.54. The molecular weight excluding hydrogens is 1110 g/mol. The van der Waals surface area contributed by atoms with Gasteiger partial charge in [-0.2, -0.15) is 8.42 Å². The summed E-state index contributed by atoms with van der Waals surface area (Å²) in [5, 5.41) is -1.46. The number of methoxy groups -OCH3 is 2. The topological polar surface area (TPSA) is 183 Å². The fourth-order valence-electron chi connectivity index (χ4n) is 10.8. The van der Waals surface area contributed by atoms with Gasteiger partial charge in [-0.15, -0.1) is 0 Å². The van der Waals surface area contributed by atoms with Crippen molar-refractivity contribution < 1.29 is 55.8 Å². The molecule has 1 N–H and O–H groups in total. The first-order valence-electron chi connectivity index (χ1n) is 28.9. The Kier molecular flexibility index (Phi) is 23.5. The molecule has 5 aromatic rings. The summed E-state index contributed by atoms with van der Waals surface area (Å²) in [5.41, 5.74) is 10.1. The molecule has 19 heteroatoms. The maximum absolute atomic E-state index is 14.3. The van der Waals surface area contributed by atoms with Crippen LogP contribution in [0.1, 0.15) is 122 Å². The predicted octanol–water partition coefficient (Wildman–Crippen LogP) is 12.3. The largest absolute Gasteiger partial charge is 0.493 e. The summed E-state index contributed by atoms with van der Waals surface area (Å²) in [6.07, 6.45) is 4.91. The minimum absolute atomic E-state index is 0.00664. The summed E-state index contributed by atoms with van der Waals surface area (Å²) in [4.78, 5) is 51.8. The van der Waals surface area contributed by atoms with Gasteiger partial charge in [-0.3, -0.25) is 28.8 Å². The molecule has 0 fully saturated rings. The van der Waals surface area contributed by atoms with Crippen LogP contribution in [0, 0.1) is 6.92 Å². The lowest BCUT2D eigenvalue weighted by atomic mass is 9.98. The van der Waals surface area contributed by atoms with E-state index in [-0.39, 0.29) is 50.0 Å². The summed E-state index contributed by atoms with van der Waals surface area (Å²) < 4.78 is 69.8. The third-order valence-corrected chi connectivity index (χ3v) is 19.2.